The van der Waals surface area contributed by atoms with Crippen LogP contribution in [0.25, 0.3) is 38.4 Å². The van der Waals surface area contributed by atoms with E-state index in [1.54, 1.807) is 0 Å². The molecule has 0 saturated carbocycles. The smallest absolute Gasteiger partial charge is 0.00990 e. The van der Waals surface area contributed by atoms with Gasteiger partial charge in [-0.25, -0.2) is 0 Å². The van der Waals surface area contributed by atoms with Gasteiger partial charge in [0.15, 0.2) is 0 Å². The molecular formula is C20H14. The minimum atomic E-state index is 1.16. The maximum atomic E-state index is 3.85. The Hall–Kier alpha value is -2.60. The lowest BCUT2D eigenvalue weighted by molar-refractivity contribution is 1.73. The molecule has 0 heterocycles. The van der Waals surface area contributed by atoms with Crippen molar-refractivity contribution in [2.45, 2.75) is 0 Å². The van der Waals surface area contributed by atoms with E-state index < -0.39 is 0 Å². The molecule has 0 heteroatoms. The Morgan fingerprint density at radius 2 is 1.40 bits per heavy atom. The first kappa shape index (κ1) is 11.2. The third-order valence-corrected chi connectivity index (χ3v) is 3.96. The zero-order valence-corrected chi connectivity index (χ0v) is 11.1. The summed E-state index contributed by atoms with van der Waals surface area (Å²) < 4.78 is 0. The second-order valence-corrected chi connectivity index (χ2v) is 5.17. The Morgan fingerprint density at radius 3 is 2.30 bits per heavy atom. The normalized spacial score (nSPS) is 11.2. The molecule has 0 nitrogen and oxygen atoms in total. The van der Waals surface area contributed by atoms with Crippen LogP contribution in [0.2, 0.25) is 0 Å². The van der Waals surface area contributed by atoms with Gasteiger partial charge in [0.2, 0.25) is 0 Å². The molecule has 0 fully saturated rings. The van der Waals surface area contributed by atoms with E-state index in [1.165, 1.54) is 32.3 Å². The number of hydrogen-bond donors (Lipinski definition) is 0. The second kappa shape index (κ2) is 4.21. The van der Waals surface area contributed by atoms with Gasteiger partial charge >= 0.3 is 0 Å². The fraction of sp³-hybridized carbons (Fsp3) is 0. The summed E-state index contributed by atoms with van der Waals surface area (Å²) in [6, 6.07) is 24.0. The third kappa shape index (κ3) is 1.62. The third-order valence-electron chi connectivity index (χ3n) is 3.96. The van der Waals surface area contributed by atoms with Gasteiger partial charge in [-0.05, 0) is 56.1 Å². The van der Waals surface area contributed by atoms with E-state index in [2.05, 4.69) is 73.3 Å². The summed E-state index contributed by atoms with van der Waals surface area (Å²) >= 11 is 0. The molecular weight excluding hydrogens is 240 g/mol. The van der Waals surface area contributed by atoms with Gasteiger partial charge in [0.25, 0.3) is 0 Å². The number of fused-ring (bicyclic) bond motifs is 4. The Bertz CT molecular complexity index is 961. The molecule has 0 N–H and O–H groups in total. The summed E-state index contributed by atoms with van der Waals surface area (Å²) in [5.41, 5.74) is 1.16. The van der Waals surface area contributed by atoms with Gasteiger partial charge in [-0.1, -0.05) is 61.2 Å². The van der Waals surface area contributed by atoms with Crippen molar-refractivity contribution in [3.05, 3.63) is 78.9 Å². The lowest BCUT2D eigenvalue weighted by Gasteiger charge is -2.07. The first-order valence-electron chi connectivity index (χ1n) is 6.83. The van der Waals surface area contributed by atoms with Crippen molar-refractivity contribution in [3.8, 4) is 0 Å². The van der Waals surface area contributed by atoms with Gasteiger partial charge in [-0.15, -0.1) is 0 Å². The van der Waals surface area contributed by atoms with Crippen LogP contribution in [-0.2, 0) is 0 Å². The Morgan fingerprint density at radius 1 is 0.600 bits per heavy atom. The van der Waals surface area contributed by atoms with Crippen LogP contribution in [0, 0.1) is 0 Å². The average Bonchev–Trinajstić information content (AvgIpc) is 2.52. The molecule has 0 aliphatic heterocycles. The molecule has 0 aliphatic carbocycles. The molecule has 0 atom stereocenters. The fourth-order valence-corrected chi connectivity index (χ4v) is 2.90. The first-order chi connectivity index (χ1) is 9.85. The van der Waals surface area contributed by atoms with Gasteiger partial charge in [-0.2, -0.15) is 0 Å². The van der Waals surface area contributed by atoms with Crippen LogP contribution >= 0.6 is 0 Å². The summed E-state index contributed by atoms with van der Waals surface area (Å²) in [4.78, 5) is 0. The van der Waals surface area contributed by atoms with E-state index in [4.69, 9.17) is 0 Å². The summed E-state index contributed by atoms with van der Waals surface area (Å²) in [6.45, 7) is 3.85. The van der Waals surface area contributed by atoms with E-state index in [1.807, 2.05) is 6.08 Å². The molecule has 0 unspecified atom stereocenters. The van der Waals surface area contributed by atoms with Crippen LogP contribution in [0.5, 0.6) is 0 Å². The molecule has 0 aromatic heterocycles. The quantitative estimate of drug-likeness (QED) is 0.298. The van der Waals surface area contributed by atoms with E-state index in [0.717, 1.165) is 5.56 Å². The van der Waals surface area contributed by atoms with E-state index in [-0.39, 0.29) is 0 Å². The lowest BCUT2D eigenvalue weighted by atomic mass is 9.97. The molecule has 0 radical (unpaired) electrons. The van der Waals surface area contributed by atoms with E-state index in [9.17, 15) is 0 Å². The summed E-state index contributed by atoms with van der Waals surface area (Å²) in [5, 5.41) is 7.76. The van der Waals surface area contributed by atoms with Crippen LogP contribution in [0.1, 0.15) is 5.56 Å². The Kier molecular flexibility index (Phi) is 2.37. The van der Waals surface area contributed by atoms with Gasteiger partial charge in [-0.3, -0.25) is 0 Å². The minimum absolute atomic E-state index is 1.16. The molecule has 4 aromatic carbocycles. The predicted octanol–water partition coefficient (Wildman–Crippen LogP) is 5.79. The largest absolute Gasteiger partial charge is 0.0985 e. The monoisotopic (exact) mass is 254 g/mol. The highest BCUT2D eigenvalue weighted by atomic mass is 14.1. The van der Waals surface area contributed by atoms with Crippen molar-refractivity contribution in [2.24, 2.45) is 0 Å². The average molecular weight is 254 g/mol. The summed E-state index contributed by atoms with van der Waals surface area (Å²) in [7, 11) is 0. The van der Waals surface area contributed by atoms with Crippen molar-refractivity contribution in [2.75, 3.05) is 0 Å². The van der Waals surface area contributed by atoms with Crippen LogP contribution in [-0.4, -0.2) is 0 Å². The lowest BCUT2D eigenvalue weighted by Crippen LogP contribution is -1.80. The maximum absolute atomic E-state index is 3.85. The fourth-order valence-electron chi connectivity index (χ4n) is 2.90. The molecule has 0 amide bonds. The highest BCUT2D eigenvalue weighted by molar-refractivity contribution is 6.12. The molecule has 0 spiro atoms. The van der Waals surface area contributed by atoms with Crippen LogP contribution in [0.3, 0.4) is 0 Å². The van der Waals surface area contributed by atoms with Gasteiger partial charge < -0.3 is 0 Å². The maximum Gasteiger partial charge on any atom is -0.00990 e. The highest BCUT2D eigenvalue weighted by Crippen LogP contribution is 2.29. The van der Waals surface area contributed by atoms with E-state index in [0.29, 0.717) is 0 Å². The molecule has 4 rings (SSSR count). The molecule has 20 heavy (non-hydrogen) atoms. The number of benzene rings is 4. The first-order valence-corrected chi connectivity index (χ1v) is 6.83. The summed E-state index contributed by atoms with van der Waals surface area (Å²) in [6.07, 6.45) is 1.90. The molecule has 4 aromatic rings. The summed E-state index contributed by atoms with van der Waals surface area (Å²) in [5.74, 6) is 0. The van der Waals surface area contributed by atoms with E-state index >= 15 is 0 Å². The minimum Gasteiger partial charge on any atom is -0.0985 e. The van der Waals surface area contributed by atoms with Crippen molar-refractivity contribution in [1.82, 2.24) is 0 Å². The SMILES string of the molecule is C=Cc1ccc2cc3ccc4ccccc4c3cc2c1. The van der Waals surface area contributed by atoms with Crippen molar-refractivity contribution < 1.29 is 0 Å². The molecule has 0 bridgehead atoms. The zero-order valence-electron chi connectivity index (χ0n) is 11.1. The number of rotatable bonds is 1. The van der Waals surface area contributed by atoms with Crippen molar-refractivity contribution >= 4 is 38.4 Å². The van der Waals surface area contributed by atoms with Crippen LogP contribution < -0.4 is 0 Å². The number of hydrogen-bond acceptors (Lipinski definition) is 0. The topological polar surface area (TPSA) is 0 Å². The van der Waals surface area contributed by atoms with Crippen LogP contribution in [0.15, 0.2) is 73.3 Å². The van der Waals surface area contributed by atoms with Gasteiger partial charge in [0, 0.05) is 0 Å². The van der Waals surface area contributed by atoms with Crippen LogP contribution in [0.4, 0.5) is 0 Å². The van der Waals surface area contributed by atoms with Gasteiger partial charge in [0.1, 0.15) is 0 Å². The molecule has 94 valence electrons. The van der Waals surface area contributed by atoms with Crippen molar-refractivity contribution in [3.63, 3.8) is 0 Å². The van der Waals surface area contributed by atoms with Crippen molar-refractivity contribution in [1.29, 1.82) is 0 Å². The highest BCUT2D eigenvalue weighted by Gasteiger charge is 2.02. The zero-order chi connectivity index (χ0) is 13.5. The standard InChI is InChI=1S/C20H14/c1-2-14-7-8-16-12-17-10-9-15-5-3-4-6-19(15)20(17)13-18(16)11-14/h2-13H,1H2. The Balaban J connectivity index is 2.19. The second-order valence-electron chi connectivity index (χ2n) is 5.17. The molecule has 0 saturated heterocycles. The molecule has 0 aliphatic rings. The predicted molar refractivity (Wildman–Crippen MR) is 89.1 cm³/mol. The van der Waals surface area contributed by atoms with Gasteiger partial charge in [0.05, 0.1) is 0 Å². The Labute approximate surface area is 118 Å².